The number of esters is 1. The largest absolute Gasteiger partial charge is 0.458 e. The van der Waals surface area contributed by atoms with Crippen molar-refractivity contribution in [3.8, 4) is 0 Å². The number of rotatable bonds is 1. The van der Waals surface area contributed by atoms with Crippen LogP contribution >= 0.6 is 0 Å². The van der Waals surface area contributed by atoms with Gasteiger partial charge in [0.1, 0.15) is 17.3 Å². The summed E-state index contributed by atoms with van der Waals surface area (Å²) in [4.78, 5) is 41.1. The first-order valence-electron chi connectivity index (χ1n) is 5.96. The van der Waals surface area contributed by atoms with E-state index in [-0.39, 0.29) is 11.3 Å². The lowest BCUT2D eigenvalue weighted by atomic mass is 10.0. The van der Waals surface area contributed by atoms with E-state index in [2.05, 4.69) is 4.98 Å². The number of amides is 2. The third-order valence-corrected chi connectivity index (χ3v) is 3.32. The molecule has 0 saturated carbocycles. The maximum absolute atomic E-state index is 12.2. The third kappa shape index (κ3) is 1.63. The lowest BCUT2D eigenvalue weighted by molar-refractivity contribution is -0.148. The Morgan fingerprint density at radius 3 is 2.63 bits per heavy atom. The minimum absolute atomic E-state index is 0.102. The summed E-state index contributed by atoms with van der Waals surface area (Å²) in [7, 11) is 0. The van der Waals surface area contributed by atoms with Crippen molar-refractivity contribution in [1.29, 1.82) is 0 Å². The molecule has 3 rings (SSSR count). The van der Waals surface area contributed by atoms with Crippen molar-refractivity contribution in [2.24, 2.45) is 0 Å². The minimum atomic E-state index is -0.857. The van der Waals surface area contributed by atoms with Crippen LogP contribution in [0, 0.1) is 0 Å². The van der Waals surface area contributed by atoms with Crippen molar-refractivity contribution in [1.82, 2.24) is 9.88 Å². The van der Waals surface area contributed by atoms with E-state index in [0.29, 0.717) is 6.42 Å². The number of hydrogen-bond acceptors (Lipinski definition) is 5. The number of imide groups is 1. The SMILES string of the molecule is CC1(C)CC(N2C(=O)c3cccnc3C2=O)C(=O)O1. The summed E-state index contributed by atoms with van der Waals surface area (Å²) in [6.45, 7) is 3.50. The molecule has 0 N–H and O–H groups in total. The standard InChI is InChI=1S/C13H12N2O4/c1-13(2)6-8(12(18)19-13)15-10(16)7-4-3-5-14-9(7)11(15)17/h3-5,8H,6H2,1-2H3. The summed E-state index contributed by atoms with van der Waals surface area (Å²) in [5.41, 5.74) is -0.320. The van der Waals surface area contributed by atoms with Crippen LogP contribution in [0.15, 0.2) is 18.3 Å². The van der Waals surface area contributed by atoms with Gasteiger partial charge in [-0.3, -0.25) is 19.5 Å². The van der Waals surface area contributed by atoms with E-state index in [9.17, 15) is 14.4 Å². The molecule has 0 bridgehead atoms. The van der Waals surface area contributed by atoms with Crippen LogP contribution in [-0.4, -0.2) is 39.3 Å². The quantitative estimate of drug-likeness (QED) is 0.550. The zero-order valence-electron chi connectivity index (χ0n) is 10.5. The van der Waals surface area contributed by atoms with Gasteiger partial charge in [0.25, 0.3) is 11.8 Å². The fourth-order valence-electron chi connectivity index (χ4n) is 2.50. The highest BCUT2D eigenvalue weighted by Gasteiger charge is 2.50. The molecule has 6 heteroatoms. The Kier molecular flexibility index (Phi) is 2.26. The highest BCUT2D eigenvalue weighted by atomic mass is 16.6. The van der Waals surface area contributed by atoms with Gasteiger partial charge in [0.05, 0.1) is 5.56 Å². The molecule has 3 heterocycles. The second kappa shape index (κ2) is 3.63. The van der Waals surface area contributed by atoms with Gasteiger partial charge in [-0.25, -0.2) is 4.79 Å². The molecule has 1 fully saturated rings. The van der Waals surface area contributed by atoms with Crippen LogP contribution in [0.5, 0.6) is 0 Å². The number of fused-ring (bicyclic) bond motifs is 1. The number of cyclic esters (lactones) is 1. The second-order valence-electron chi connectivity index (χ2n) is 5.28. The van der Waals surface area contributed by atoms with E-state index < -0.39 is 29.4 Å². The molecular weight excluding hydrogens is 248 g/mol. The Morgan fingerprint density at radius 2 is 2.05 bits per heavy atom. The summed E-state index contributed by atoms with van der Waals surface area (Å²) in [6.07, 6.45) is 1.75. The van der Waals surface area contributed by atoms with Crippen LogP contribution in [0.25, 0.3) is 0 Å². The van der Waals surface area contributed by atoms with Crippen LogP contribution < -0.4 is 0 Å². The Morgan fingerprint density at radius 1 is 1.32 bits per heavy atom. The summed E-state index contributed by atoms with van der Waals surface area (Å²) in [6, 6.07) is 2.27. The molecule has 1 unspecified atom stereocenters. The van der Waals surface area contributed by atoms with Crippen molar-refractivity contribution < 1.29 is 19.1 Å². The van der Waals surface area contributed by atoms with E-state index in [0.717, 1.165) is 4.90 Å². The van der Waals surface area contributed by atoms with Gasteiger partial charge in [0.2, 0.25) is 0 Å². The minimum Gasteiger partial charge on any atom is -0.458 e. The third-order valence-electron chi connectivity index (χ3n) is 3.32. The first-order valence-corrected chi connectivity index (χ1v) is 5.96. The lowest BCUT2D eigenvalue weighted by Gasteiger charge is -2.19. The monoisotopic (exact) mass is 260 g/mol. The topological polar surface area (TPSA) is 76.6 Å². The molecule has 1 atom stereocenters. The average Bonchev–Trinajstić information content (AvgIpc) is 2.75. The molecule has 0 radical (unpaired) electrons. The number of aromatic nitrogens is 1. The maximum Gasteiger partial charge on any atom is 0.330 e. The Balaban J connectivity index is 1.99. The van der Waals surface area contributed by atoms with Crippen molar-refractivity contribution in [3.63, 3.8) is 0 Å². The van der Waals surface area contributed by atoms with Gasteiger partial charge in [-0.05, 0) is 26.0 Å². The van der Waals surface area contributed by atoms with Crippen molar-refractivity contribution >= 4 is 17.8 Å². The van der Waals surface area contributed by atoms with E-state index >= 15 is 0 Å². The summed E-state index contributed by atoms with van der Waals surface area (Å²) in [5, 5.41) is 0. The first kappa shape index (κ1) is 11.8. The highest BCUT2D eigenvalue weighted by molar-refractivity contribution is 6.21. The number of ether oxygens (including phenoxy) is 1. The van der Waals surface area contributed by atoms with Gasteiger partial charge in [-0.2, -0.15) is 0 Å². The number of carbonyl (C=O) groups excluding carboxylic acids is 3. The van der Waals surface area contributed by atoms with Gasteiger partial charge in [0, 0.05) is 12.6 Å². The predicted octanol–water partition coefficient (Wildman–Crippen LogP) is 0.772. The van der Waals surface area contributed by atoms with Crippen LogP contribution in [0.4, 0.5) is 0 Å². The smallest absolute Gasteiger partial charge is 0.330 e. The molecule has 0 spiro atoms. The first-order chi connectivity index (χ1) is 8.91. The average molecular weight is 260 g/mol. The molecule has 19 heavy (non-hydrogen) atoms. The summed E-state index contributed by atoms with van der Waals surface area (Å²) >= 11 is 0. The molecule has 0 aromatic carbocycles. The lowest BCUT2D eigenvalue weighted by Crippen LogP contribution is -2.42. The molecule has 1 aromatic rings. The predicted molar refractivity (Wildman–Crippen MR) is 63.3 cm³/mol. The van der Waals surface area contributed by atoms with Gasteiger partial charge in [-0.15, -0.1) is 0 Å². The normalized spacial score (nSPS) is 24.6. The molecule has 1 aromatic heterocycles. The zero-order valence-corrected chi connectivity index (χ0v) is 10.5. The second-order valence-corrected chi connectivity index (χ2v) is 5.28. The molecule has 2 aliphatic rings. The highest BCUT2D eigenvalue weighted by Crippen LogP contribution is 2.33. The van der Waals surface area contributed by atoms with Crippen LogP contribution in [-0.2, 0) is 9.53 Å². The maximum atomic E-state index is 12.2. The van der Waals surface area contributed by atoms with E-state index in [1.165, 1.54) is 12.3 Å². The number of nitrogens with zero attached hydrogens (tertiary/aromatic N) is 2. The van der Waals surface area contributed by atoms with Gasteiger partial charge < -0.3 is 4.74 Å². The Hall–Kier alpha value is -2.24. The molecule has 2 aliphatic heterocycles. The number of carbonyl (C=O) groups is 3. The molecule has 0 aliphatic carbocycles. The molecule has 2 amide bonds. The van der Waals surface area contributed by atoms with E-state index in [1.807, 2.05) is 0 Å². The fraction of sp³-hybridized carbons (Fsp3) is 0.385. The van der Waals surface area contributed by atoms with E-state index in [4.69, 9.17) is 4.74 Å². The summed E-state index contributed by atoms with van der Waals surface area (Å²) in [5.74, 6) is -1.55. The Bertz CT molecular complexity index is 573. The fourth-order valence-corrected chi connectivity index (χ4v) is 2.50. The molecular formula is C13H12N2O4. The number of pyridine rings is 1. The zero-order chi connectivity index (χ0) is 13.8. The van der Waals surface area contributed by atoms with Crippen molar-refractivity contribution in [2.45, 2.75) is 31.9 Å². The van der Waals surface area contributed by atoms with Crippen LogP contribution in [0.1, 0.15) is 41.1 Å². The van der Waals surface area contributed by atoms with Gasteiger partial charge in [-0.1, -0.05) is 0 Å². The van der Waals surface area contributed by atoms with E-state index in [1.54, 1.807) is 19.9 Å². The van der Waals surface area contributed by atoms with Gasteiger partial charge in [0.15, 0.2) is 0 Å². The molecule has 1 saturated heterocycles. The molecule has 6 nitrogen and oxygen atoms in total. The number of hydrogen-bond donors (Lipinski definition) is 0. The van der Waals surface area contributed by atoms with Crippen molar-refractivity contribution in [3.05, 3.63) is 29.6 Å². The van der Waals surface area contributed by atoms with Gasteiger partial charge >= 0.3 is 5.97 Å². The van der Waals surface area contributed by atoms with Crippen molar-refractivity contribution in [2.75, 3.05) is 0 Å². The Labute approximate surface area is 109 Å². The molecule has 98 valence electrons. The summed E-state index contributed by atoms with van der Waals surface area (Å²) < 4.78 is 5.16. The van der Waals surface area contributed by atoms with Crippen LogP contribution in [0.3, 0.4) is 0 Å². The van der Waals surface area contributed by atoms with Crippen LogP contribution in [0.2, 0.25) is 0 Å².